The topological polar surface area (TPSA) is 154 Å². The fourth-order valence-corrected chi connectivity index (χ4v) is 5.69. The SMILES string of the molecule is CCCCCCCCCCCCCCCCCCCCCCCCNC(=O)NC(CNCC(O)C(O)CO)C(O)CC(O)CC. The van der Waals surface area contributed by atoms with Gasteiger partial charge in [-0.1, -0.05) is 149 Å². The van der Waals surface area contributed by atoms with Crippen LogP contribution < -0.4 is 16.0 Å². The van der Waals surface area contributed by atoms with E-state index in [-0.39, 0.29) is 25.5 Å². The monoisotopic (exact) mass is 646 g/mol. The molecule has 0 aromatic heterocycles. The maximum Gasteiger partial charge on any atom is 0.315 e. The van der Waals surface area contributed by atoms with Crippen LogP contribution in [0.5, 0.6) is 0 Å². The van der Waals surface area contributed by atoms with Gasteiger partial charge in [0.05, 0.1) is 31.0 Å². The second-order valence-electron chi connectivity index (χ2n) is 13.3. The molecule has 9 nitrogen and oxygen atoms in total. The van der Waals surface area contributed by atoms with Gasteiger partial charge in [0.15, 0.2) is 0 Å². The molecule has 270 valence electrons. The molecule has 5 unspecified atom stereocenters. The summed E-state index contributed by atoms with van der Waals surface area (Å²) in [5.41, 5.74) is 0. The van der Waals surface area contributed by atoms with Crippen LogP contribution in [0.1, 0.15) is 168 Å². The van der Waals surface area contributed by atoms with Gasteiger partial charge < -0.3 is 41.5 Å². The van der Waals surface area contributed by atoms with Crippen molar-refractivity contribution in [2.75, 3.05) is 26.2 Å². The van der Waals surface area contributed by atoms with Gasteiger partial charge in [0.2, 0.25) is 0 Å². The zero-order valence-corrected chi connectivity index (χ0v) is 29.3. The fourth-order valence-electron chi connectivity index (χ4n) is 5.69. The Morgan fingerprint density at radius 1 is 0.556 bits per heavy atom. The molecule has 0 aromatic rings. The van der Waals surface area contributed by atoms with Crippen LogP contribution in [0.4, 0.5) is 4.79 Å². The third kappa shape index (κ3) is 28.9. The predicted molar refractivity (Wildman–Crippen MR) is 186 cm³/mol. The third-order valence-corrected chi connectivity index (χ3v) is 8.93. The van der Waals surface area contributed by atoms with Crippen LogP contribution >= 0.6 is 0 Å². The van der Waals surface area contributed by atoms with Crippen LogP contribution in [0.25, 0.3) is 0 Å². The first-order chi connectivity index (χ1) is 21.8. The highest BCUT2D eigenvalue weighted by Crippen LogP contribution is 2.15. The molecule has 0 bridgehead atoms. The van der Waals surface area contributed by atoms with Crippen LogP contribution in [0.2, 0.25) is 0 Å². The van der Waals surface area contributed by atoms with Gasteiger partial charge in [0, 0.05) is 26.1 Å². The zero-order valence-electron chi connectivity index (χ0n) is 29.3. The molecule has 0 saturated carbocycles. The summed E-state index contributed by atoms with van der Waals surface area (Å²) in [5.74, 6) is 0. The Kier molecular flexibility index (Phi) is 32.2. The van der Waals surface area contributed by atoms with Crippen LogP contribution in [-0.4, -0.2) is 88.3 Å². The van der Waals surface area contributed by atoms with Crippen LogP contribution in [0, 0.1) is 0 Å². The van der Waals surface area contributed by atoms with E-state index in [1.54, 1.807) is 0 Å². The van der Waals surface area contributed by atoms with Crippen molar-refractivity contribution in [1.29, 1.82) is 0 Å². The Morgan fingerprint density at radius 2 is 0.978 bits per heavy atom. The number of aliphatic hydroxyl groups excluding tert-OH is 5. The lowest BCUT2D eigenvalue weighted by molar-refractivity contribution is -0.0137. The van der Waals surface area contributed by atoms with Crippen LogP contribution in [0.15, 0.2) is 0 Å². The van der Waals surface area contributed by atoms with Crippen molar-refractivity contribution in [3.8, 4) is 0 Å². The molecule has 0 aliphatic rings. The number of aliphatic hydroxyl groups is 5. The molecule has 0 rings (SSSR count). The van der Waals surface area contributed by atoms with E-state index in [2.05, 4.69) is 22.9 Å². The van der Waals surface area contributed by atoms with E-state index in [9.17, 15) is 25.2 Å². The molecule has 0 spiro atoms. The Hall–Kier alpha value is -0.970. The van der Waals surface area contributed by atoms with Crippen molar-refractivity contribution >= 4 is 6.03 Å². The quantitative estimate of drug-likeness (QED) is 0.0395. The molecule has 0 aliphatic carbocycles. The predicted octanol–water partition coefficient (Wildman–Crippen LogP) is 6.08. The van der Waals surface area contributed by atoms with E-state index in [1.807, 2.05) is 6.92 Å². The third-order valence-electron chi connectivity index (χ3n) is 8.93. The lowest BCUT2D eigenvalue weighted by Gasteiger charge is -2.27. The summed E-state index contributed by atoms with van der Waals surface area (Å²) in [6.45, 7) is 4.23. The van der Waals surface area contributed by atoms with Crippen molar-refractivity contribution < 1.29 is 30.3 Å². The summed E-state index contributed by atoms with van der Waals surface area (Å²) in [6.07, 6.45) is 26.0. The van der Waals surface area contributed by atoms with Gasteiger partial charge in [0.25, 0.3) is 0 Å². The molecule has 9 heteroatoms. The molecule has 0 heterocycles. The first-order valence-electron chi connectivity index (χ1n) is 18.9. The van der Waals surface area contributed by atoms with Crippen molar-refractivity contribution in [3.05, 3.63) is 0 Å². The maximum atomic E-state index is 12.4. The first kappa shape index (κ1) is 44.0. The molecular weight excluding hydrogens is 570 g/mol. The standard InChI is InChI=1S/C36H75N3O6/c1-3-5-6-7-8-9-10-11-12-13-14-15-16-17-18-19-20-21-22-23-24-25-26-38-36(45)39-32(33(42)27-31(41)4-2)28-37-29-34(43)35(44)30-40/h31-35,37,40-44H,3-30H2,1-2H3,(H2,38,39,45). The number of unbranched alkanes of at least 4 members (excludes halogenated alkanes) is 21. The highest BCUT2D eigenvalue weighted by molar-refractivity contribution is 5.74. The summed E-state index contributed by atoms with van der Waals surface area (Å²) in [6, 6.07) is -1.07. The highest BCUT2D eigenvalue weighted by atomic mass is 16.4. The number of carbonyl (C=O) groups is 1. The van der Waals surface area contributed by atoms with E-state index >= 15 is 0 Å². The minimum atomic E-state index is -1.27. The van der Waals surface area contributed by atoms with Gasteiger partial charge in [-0.15, -0.1) is 0 Å². The molecular formula is C36H75N3O6. The second-order valence-corrected chi connectivity index (χ2v) is 13.3. The normalized spacial score (nSPS) is 15.0. The van der Waals surface area contributed by atoms with Gasteiger partial charge in [-0.25, -0.2) is 4.79 Å². The van der Waals surface area contributed by atoms with Crippen LogP contribution in [-0.2, 0) is 0 Å². The molecule has 0 fully saturated rings. The summed E-state index contributed by atoms with van der Waals surface area (Å²) in [5, 5.41) is 57.2. The Labute approximate surface area is 276 Å². The molecule has 0 aromatic carbocycles. The van der Waals surface area contributed by atoms with Crippen molar-refractivity contribution in [2.45, 2.75) is 198 Å². The molecule has 8 N–H and O–H groups in total. The van der Waals surface area contributed by atoms with Crippen molar-refractivity contribution in [2.24, 2.45) is 0 Å². The minimum absolute atomic E-state index is 0.00987. The number of urea groups is 1. The van der Waals surface area contributed by atoms with Crippen LogP contribution in [0.3, 0.4) is 0 Å². The first-order valence-corrected chi connectivity index (χ1v) is 18.9. The summed E-state index contributed by atoms with van der Waals surface area (Å²) in [4.78, 5) is 12.4. The maximum absolute atomic E-state index is 12.4. The lowest BCUT2D eigenvalue weighted by Crippen LogP contribution is -2.54. The van der Waals surface area contributed by atoms with Gasteiger partial charge in [0.1, 0.15) is 6.10 Å². The van der Waals surface area contributed by atoms with Gasteiger partial charge in [-0.2, -0.15) is 0 Å². The van der Waals surface area contributed by atoms with Gasteiger partial charge >= 0.3 is 6.03 Å². The van der Waals surface area contributed by atoms with Gasteiger partial charge in [-0.05, 0) is 12.8 Å². The van der Waals surface area contributed by atoms with E-state index in [0.29, 0.717) is 13.0 Å². The number of hydrogen-bond acceptors (Lipinski definition) is 7. The largest absolute Gasteiger partial charge is 0.394 e. The Morgan fingerprint density at radius 3 is 1.38 bits per heavy atom. The Balaban J connectivity index is 3.72. The molecule has 0 radical (unpaired) electrons. The number of rotatable bonds is 34. The minimum Gasteiger partial charge on any atom is -0.394 e. The van der Waals surface area contributed by atoms with E-state index < -0.39 is 37.1 Å². The van der Waals surface area contributed by atoms with Crippen molar-refractivity contribution in [1.82, 2.24) is 16.0 Å². The molecule has 0 saturated heterocycles. The molecule has 2 amide bonds. The molecule has 5 atom stereocenters. The highest BCUT2D eigenvalue weighted by Gasteiger charge is 2.24. The number of carbonyl (C=O) groups excluding carboxylic acids is 1. The van der Waals surface area contributed by atoms with E-state index in [4.69, 9.17) is 5.11 Å². The summed E-state index contributed by atoms with van der Waals surface area (Å²) >= 11 is 0. The van der Waals surface area contributed by atoms with Crippen molar-refractivity contribution in [3.63, 3.8) is 0 Å². The smallest absolute Gasteiger partial charge is 0.315 e. The number of amides is 2. The number of nitrogens with one attached hydrogen (secondary N) is 3. The molecule has 0 aliphatic heterocycles. The Bertz CT molecular complexity index is 630. The average molecular weight is 646 g/mol. The fraction of sp³-hybridized carbons (Fsp3) is 0.972. The average Bonchev–Trinajstić information content (AvgIpc) is 3.03. The van der Waals surface area contributed by atoms with Gasteiger partial charge in [-0.3, -0.25) is 0 Å². The summed E-state index contributed by atoms with van der Waals surface area (Å²) in [7, 11) is 0. The number of hydrogen-bond donors (Lipinski definition) is 8. The zero-order chi connectivity index (χ0) is 33.4. The lowest BCUT2D eigenvalue weighted by atomic mass is 10.0. The summed E-state index contributed by atoms with van der Waals surface area (Å²) < 4.78 is 0. The molecule has 45 heavy (non-hydrogen) atoms. The van der Waals surface area contributed by atoms with E-state index in [0.717, 1.165) is 12.8 Å². The second kappa shape index (κ2) is 33.0. The van der Waals surface area contributed by atoms with E-state index in [1.165, 1.54) is 128 Å².